The molecule has 0 bridgehead atoms. The minimum atomic E-state index is -0.527. The SMILES string of the molecule is CCOc1cccc2sc(N(CC[NH+](C)C)C(=O)c3ccccc3F)nc12. The summed E-state index contributed by atoms with van der Waals surface area (Å²) in [4.78, 5) is 20.5. The van der Waals surface area contributed by atoms with E-state index in [4.69, 9.17) is 4.74 Å². The summed E-state index contributed by atoms with van der Waals surface area (Å²) in [7, 11) is 4.02. The molecule has 3 rings (SSSR count). The molecule has 27 heavy (non-hydrogen) atoms. The van der Waals surface area contributed by atoms with Crippen LogP contribution in [-0.4, -0.2) is 44.7 Å². The van der Waals surface area contributed by atoms with Crippen LogP contribution in [0.1, 0.15) is 17.3 Å². The average Bonchev–Trinajstić information content (AvgIpc) is 3.07. The van der Waals surface area contributed by atoms with E-state index in [1.165, 1.54) is 28.4 Å². The van der Waals surface area contributed by atoms with Crippen molar-refractivity contribution in [3.8, 4) is 5.75 Å². The predicted molar refractivity (Wildman–Crippen MR) is 107 cm³/mol. The molecule has 0 aliphatic rings. The quantitative estimate of drug-likeness (QED) is 0.677. The van der Waals surface area contributed by atoms with E-state index in [0.717, 1.165) is 10.2 Å². The fourth-order valence-electron chi connectivity index (χ4n) is 2.70. The highest BCUT2D eigenvalue weighted by molar-refractivity contribution is 7.22. The fourth-order valence-corrected chi connectivity index (χ4v) is 3.71. The van der Waals surface area contributed by atoms with Crippen molar-refractivity contribution in [3.05, 3.63) is 53.8 Å². The molecule has 0 aliphatic heterocycles. The Morgan fingerprint density at radius 3 is 2.70 bits per heavy atom. The minimum Gasteiger partial charge on any atom is -0.492 e. The van der Waals surface area contributed by atoms with Crippen molar-refractivity contribution in [3.63, 3.8) is 0 Å². The number of carbonyl (C=O) groups is 1. The number of carbonyl (C=O) groups excluding carboxylic acids is 1. The van der Waals surface area contributed by atoms with Gasteiger partial charge in [0.25, 0.3) is 5.91 Å². The second kappa shape index (κ2) is 8.45. The molecule has 3 aromatic rings. The molecule has 0 radical (unpaired) electrons. The number of halogens is 1. The van der Waals surface area contributed by atoms with Crippen LogP contribution in [0.2, 0.25) is 0 Å². The summed E-state index contributed by atoms with van der Waals surface area (Å²) < 4.78 is 20.8. The molecule has 142 valence electrons. The van der Waals surface area contributed by atoms with Crippen LogP contribution in [0.25, 0.3) is 10.2 Å². The van der Waals surface area contributed by atoms with Gasteiger partial charge in [0.1, 0.15) is 17.1 Å². The molecular formula is C20H23FN3O2S+. The number of aromatic nitrogens is 1. The summed E-state index contributed by atoms with van der Waals surface area (Å²) in [6.45, 7) is 3.61. The zero-order valence-electron chi connectivity index (χ0n) is 15.7. The maximum Gasteiger partial charge on any atom is 0.263 e. The first kappa shape index (κ1) is 19.3. The molecule has 0 fully saturated rings. The number of hydrogen-bond acceptors (Lipinski definition) is 4. The lowest BCUT2D eigenvalue weighted by Crippen LogP contribution is -3.06. The van der Waals surface area contributed by atoms with Gasteiger partial charge in [-0.25, -0.2) is 9.37 Å². The second-order valence-corrected chi connectivity index (χ2v) is 7.44. The van der Waals surface area contributed by atoms with Crippen LogP contribution in [0, 0.1) is 5.82 Å². The van der Waals surface area contributed by atoms with Crippen molar-refractivity contribution in [2.45, 2.75) is 6.92 Å². The standard InChI is InChI=1S/C20H22FN3O2S/c1-4-26-16-10-7-11-17-18(16)22-20(27-17)24(13-12-23(2)3)19(25)14-8-5-6-9-15(14)21/h5-11H,4,12-13H2,1-3H3/p+1. The maximum atomic E-state index is 14.2. The molecule has 1 amide bonds. The van der Waals surface area contributed by atoms with Gasteiger partial charge in [-0.1, -0.05) is 29.5 Å². The molecule has 1 N–H and O–H groups in total. The highest BCUT2D eigenvalue weighted by atomic mass is 32.1. The number of anilines is 1. The third-order valence-electron chi connectivity index (χ3n) is 4.09. The number of quaternary nitrogens is 1. The van der Waals surface area contributed by atoms with Crippen LogP contribution in [0.3, 0.4) is 0 Å². The van der Waals surface area contributed by atoms with E-state index in [1.54, 1.807) is 17.0 Å². The minimum absolute atomic E-state index is 0.0514. The third-order valence-corrected chi connectivity index (χ3v) is 5.13. The second-order valence-electron chi connectivity index (χ2n) is 6.43. The van der Waals surface area contributed by atoms with E-state index in [9.17, 15) is 9.18 Å². The molecule has 1 aromatic heterocycles. The molecule has 2 aromatic carbocycles. The molecule has 1 heterocycles. The molecule has 0 spiro atoms. The number of fused-ring (bicyclic) bond motifs is 1. The first-order chi connectivity index (χ1) is 13.0. The number of nitrogens with one attached hydrogen (secondary N) is 1. The van der Waals surface area contributed by atoms with Gasteiger partial charge in [-0.2, -0.15) is 0 Å². The van der Waals surface area contributed by atoms with Crippen molar-refractivity contribution >= 4 is 32.6 Å². The Bertz CT molecular complexity index is 942. The monoisotopic (exact) mass is 388 g/mol. The zero-order chi connectivity index (χ0) is 19.4. The van der Waals surface area contributed by atoms with Crippen LogP contribution >= 0.6 is 11.3 Å². The Hall–Kier alpha value is -2.51. The van der Waals surface area contributed by atoms with Gasteiger partial charge in [-0.3, -0.25) is 9.69 Å². The number of amides is 1. The summed E-state index contributed by atoms with van der Waals surface area (Å²) in [5.74, 6) is -0.221. The van der Waals surface area contributed by atoms with Gasteiger partial charge in [0.05, 0.1) is 44.1 Å². The van der Waals surface area contributed by atoms with Crippen LogP contribution in [0.4, 0.5) is 9.52 Å². The van der Waals surface area contributed by atoms with Gasteiger partial charge in [0.15, 0.2) is 5.13 Å². The van der Waals surface area contributed by atoms with Gasteiger partial charge in [-0.05, 0) is 31.2 Å². The highest BCUT2D eigenvalue weighted by Crippen LogP contribution is 2.34. The van der Waals surface area contributed by atoms with Crippen LogP contribution < -0.4 is 14.5 Å². The normalized spacial score (nSPS) is 11.1. The van der Waals surface area contributed by atoms with Gasteiger partial charge in [0, 0.05) is 0 Å². The average molecular weight is 388 g/mol. The van der Waals surface area contributed by atoms with E-state index in [2.05, 4.69) is 4.98 Å². The summed E-state index contributed by atoms with van der Waals surface area (Å²) in [5.41, 5.74) is 0.776. The number of rotatable bonds is 7. The van der Waals surface area contributed by atoms with Crippen molar-refractivity contribution in [1.29, 1.82) is 0 Å². The summed E-state index contributed by atoms with van der Waals surface area (Å²) >= 11 is 1.41. The first-order valence-electron chi connectivity index (χ1n) is 8.89. The highest BCUT2D eigenvalue weighted by Gasteiger charge is 2.24. The Morgan fingerprint density at radius 2 is 2.00 bits per heavy atom. The molecule has 0 saturated heterocycles. The topological polar surface area (TPSA) is 46.9 Å². The number of ether oxygens (including phenoxy) is 1. The van der Waals surface area contributed by atoms with Gasteiger partial charge >= 0.3 is 0 Å². The van der Waals surface area contributed by atoms with Gasteiger partial charge < -0.3 is 9.64 Å². The van der Waals surface area contributed by atoms with E-state index in [1.807, 2.05) is 39.2 Å². The smallest absolute Gasteiger partial charge is 0.263 e. The largest absolute Gasteiger partial charge is 0.492 e. The molecule has 0 saturated carbocycles. The van der Waals surface area contributed by atoms with Crippen LogP contribution in [0.15, 0.2) is 42.5 Å². The number of nitrogens with zero attached hydrogens (tertiary/aromatic N) is 2. The van der Waals surface area contributed by atoms with E-state index in [-0.39, 0.29) is 11.5 Å². The number of hydrogen-bond donors (Lipinski definition) is 1. The molecule has 7 heteroatoms. The Balaban J connectivity index is 2.03. The van der Waals surface area contributed by atoms with Gasteiger partial charge in [-0.15, -0.1) is 0 Å². The fraction of sp³-hybridized carbons (Fsp3) is 0.300. The zero-order valence-corrected chi connectivity index (χ0v) is 16.5. The van der Waals surface area contributed by atoms with Crippen LogP contribution in [-0.2, 0) is 0 Å². The van der Waals surface area contributed by atoms with Crippen molar-refractivity contribution in [1.82, 2.24) is 4.98 Å². The van der Waals surface area contributed by atoms with Crippen LogP contribution in [0.5, 0.6) is 5.75 Å². The Labute approximate surface area is 162 Å². The number of para-hydroxylation sites is 1. The first-order valence-corrected chi connectivity index (χ1v) is 9.70. The summed E-state index contributed by atoms with van der Waals surface area (Å²) in [5, 5.41) is 0.548. The van der Waals surface area contributed by atoms with Crippen molar-refractivity contribution in [2.75, 3.05) is 38.7 Å². The number of likely N-dealkylation sites (N-methyl/N-ethyl adjacent to an activating group) is 1. The molecular weight excluding hydrogens is 365 g/mol. The lowest BCUT2D eigenvalue weighted by atomic mass is 10.2. The molecule has 0 unspecified atom stereocenters. The summed E-state index contributed by atoms with van der Waals surface area (Å²) in [6.07, 6.45) is 0. The lowest BCUT2D eigenvalue weighted by Gasteiger charge is -2.21. The van der Waals surface area contributed by atoms with E-state index < -0.39 is 5.82 Å². The Morgan fingerprint density at radius 1 is 1.22 bits per heavy atom. The predicted octanol–water partition coefficient (Wildman–Crippen LogP) is 2.63. The van der Waals surface area contributed by atoms with Crippen molar-refractivity contribution < 1.29 is 18.8 Å². The summed E-state index contributed by atoms with van der Waals surface area (Å²) in [6, 6.07) is 11.8. The molecule has 0 atom stereocenters. The van der Waals surface area contributed by atoms with E-state index in [0.29, 0.717) is 30.6 Å². The molecule has 0 aliphatic carbocycles. The van der Waals surface area contributed by atoms with E-state index >= 15 is 0 Å². The van der Waals surface area contributed by atoms with Gasteiger partial charge in [0.2, 0.25) is 0 Å². The molecule has 5 nitrogen and oxygen atoms in total. The van der Waals surface area contributed by atoms with Crippen molar-refractivity contribution in [2.24, 2.45) is 0 Å². The number of benzene rings is 2. The lowest BCUT2D eigenvalue weighted by molar-refractivity contribution is -0.856. The third kappa shape index (κ3) is 4.26. The Kier molecular flexibility index (Phi) is 6.03. The number of thiazole rings is 1. The maximum absolute atomic E-state index is 14.2.